The number of aryl methyl sites for hydroxylation is 1. The van der Waals surface area contributed by atoms with Gasteiger partial charge in [0.2, 0.25) is 0 Å². The molecule has 5 nitrogen and oxygen atoms in total. The van der Waals surface area contributed by atoms with E-state index in [1.165, 1.54) is 5.56 Å². The van der Waals surface area contributed by atoms with E-state index in [-0.39, 0.29) is 0 Å². The molecule has 2 aromatic rings. The van der Waals surface area contributed by atoms with Gasteiger partial charge < -0.3 is 20.5 Å². The minimum Gasteiger partial charge on any atom is -0.493 e. The first-order chi connectivity index (χ1) is 12.2. The van der Waals surface area contributed by atoms with Gasteiger partial charge >= 0.3 is 0 Å². The van der Waals surface area contributed by atoms with Crippen LogP contribution < -0.4 is 15.8 Å². The zero-order valence-electron chi connectivity index (χ0n) is 14.6. The van der Waals surface area contributed by atoms with Crippen molar-refractivity contribution in [3.05, 3.63) is 59.7 Å². The highest BCUT2D eigenvalue weighted by Crippen LogP contribution is 2.23. The molecule has 1 heterocycles. The second kappa shape index (κ2) is 8.53. The highest BCUT2D eigenvalue weighted by atomic mass is 16.5. The number of guanidine groups is 1. The van der Waals surface area contributed by atoms with E-state index in [1.807, 2.05) is 30.3 Å². The van der Waals surface area contributed by atoms with Crippen molar-refractivity contribution < 1.29 is 9.47 Å². The van der Waals surface area contributed by atoms with Gasteiger partial charge in [0.15, 0.2) is 5.96 Å². The normalized spacial score (nSPS) is 17.5. The molecule has 1 aliphatic rings. The number of para-hydroxylation sites is 1. The summed E-state index contributed by atoms with van der Waals surface area (Å²) in [5.74, 6) is 1.74. The molecule has 1 unspecified atom stereocenters. The molecule has 2 aromatic carbocycles. The number of anilines is 1. The van der Waals surface area contributed by atoms with Crippen LogP contribution in [0.15, 0.2) is 53.5 Å². The Labute approximate surface area is 148 Å². The third kappa shape index (κ3) is 5.22. The summed E-state index contributed by atoms with van der Waals surface area (Å²) in [7, 11) is 0. The van der Waals surface area contributed by atoms with Crippen LogP contribution in [0.2, 0.25) is 0 Å². The van der Waals surface area contributed by atoms with Gasteiger partial charge in [0.05, 0.1) is 19.8 Å². The van der Waals surface area contributed by atoms with Gasteiger partial charge in [0.25, 0.3) is 0 Å². The lowest BCUT2D eigenvalue weighted by Crippen LogP contribution is -2.22. The van der Waals surface area contributed by atoms with Gasteiger partial charge in [-0.15, -0.1) is 0 Å². The molecule has 1 fully saturated rings. The van der Waals surface area contributed by atoms with Crippen LogP contribution in [0.3, 0.4) is 0 Å². The fourth-order valence-electron chi connectivity index (χ4n) is 2.73. The number of ether oxygens (including phenoxy) is 2. The van der Waals surface area contributed by atoms with Gasteiger partial charge in [0.1, 0.15) is 5.75 Å². The number of benzene rings is 2. The van der Waals surface area contributed by atoms with Crippen LogP contribution in [0.1, 0.15) is 17.5 Å². The van der Waals surface area contributed by atoms with Crippen molar-refractivity contribution >= 4 is 11.6 Å². The predicted octanol–water partition coefficient (Wildman–Crippen LogP) is 3.34. The first kappa shape index (κ1) is 17.3. The Morgan fingerprint density at radius 1 is 1.28 bits per heavy atom. The van der Waals surface area contributed by atoms with E-state index in [1.54, 1.807) is 0 Å². The van der Waals surface area contributed by atoms with Crippen LogP contribution in [0.25, 0.3) is 0 Å². The SMILES string of the molecule is Cc1ccc(CN=C(N)Nc2ccccc2)c(OCC2CCOC2)c1. The summed E-state index contributed by atoms with van der Waals surface area (Å²) >= 11 is 0. The van der Waals surface area contributed by atoms with E-state index in [9.17, 15) is 0 Å². The molecule has 3 N–H and O–H groups in total. The summed E-state index contributed by atoms with van der Waals surface area (Å²) in [4.78, 5) is 4.44. The predicted molar refractivity (Wildman–Crippen MR) is 101 cm³/mol. The van der Waals surface area contributed by atoms with Gasteiger partial charge in [-0.3, -0.25) is 0 Å². The molecule has 0 spiro atoms. The number of rotatable bonds is 6. The molecule has 3 rings (SSSR count). The molecule has 1 saturated heterocycles. The lowest BCUT2D eigenvalue weighted by molar-refractivity contribution is 0.166. The van der Waals surface area contributed by atoms with E-state index in [4.69, 9.17) is 15.2 Å². The van der Waals surface area contributed by atoms with Gasteiger partial charge in [0, 0.05) is 23.8 Å². The highest BCUT2D eigenvalue weighted by Gasteiger charge is 2.17. The Kier molecular flexibility index (Phi) is 5.90. The van der Waals surface area contributed by atoms with Gasteiger partial charge in [-0.2, -0.15) is 0 Å². The fraction of sp³-hybridized carbons (Fsp3) is 0.350. The molecule has 132 valence electrons. The molecule has 1 aliphatic heterocycles. The third-order valence-electron chi connectivity index (χ3n) is 4.19. The summed E-state index contributed by atoms with van der Waals surface area (Å²) in [5.41, 5.74) is 9.11. The maximum atomic E-state index is 6.04. The van der Waals surface area contributed by atoms with E-state index in [0.29, 0.717) is 25.0 Å². The first-order valence-corrected chi connectivity index (χ1v) is 8.63. The van der Waals surface area contributed by atoms with E-state index in [0.717, 1.165) is 36.6 Å². The summed E-state index contributed by atoms with van der Waals surface area (Å²) < 4.78 is 11.5. The topological polar surface area (TPSA) is 68.9 Å². The summed E-state index contributed by atoms with van der Waals surface area (Å²) in [6.45, 7) is 4.83. The average molecular weight is 339 g/mol. The van der Waals surface area contributed by atoms with Gasteiger partial charge in [-0.1, -0.05) is 30.3 Å². The van der Waals surface area contributed by atoms with Gasteiger partial charge in [-0.25, -0.2) is 4.99 Å². The second-order valence-electron chi connectivity index (χ2n) is 6.34. The number of hydrogen-bond acceptors (Lipinski definition) is 3. The van der Waals surface area contributed by atoms with Crippen LogP contribution in [-0.4, -0.2) is 25.8 Å². The quantitative estimate of drug-likeness (QED) is 0.626. The van der Waals surface area contributed by atoms with E-state index in [2.05, 4.69) is 35.4 Å². The maximum absolute atomic E-state index is 6.04. The zero-order chi connectivity index (χ0) is 17.5. The molecule has 5 heteroatoms. The number of aliphatic imine (C=N–C) groups is 1. The van der Waals surface area contributed by atoms with Gasteiger partial charge in [-0.05, 0) is 37.1 Å². The molecule has 0 saturated carbocycles. The van der Waals surface area contributed by atoms with Crippen LogP contribution in [-0.2, 0) is 11.3 Å². The van der Waals surface area contributed by atoms with Crippen LogP contribution in [0, 0.1) is 12.8 Å². The summed E-state index contributed by atoms with van der Waals surface area (Å²) in [6.07, 6.45) is 1.06. The molecule has 0 amide bonds. The van der Waals surface area contributed by atoms with E-state index >= 15 is 0 Å². The third-order valence-corrected chi connectivity index (χ3v) is 4.19. The lowest BCUT2D eigenvalue weighted by atomic mass is 10.1. The number of nitrogens with one attached hydrogen (secondary N) is 1. The largest absolute Gasteiger partial charge is 0.493 e. The molecule has 0 bridgehead atoms. The second-order valence-corrected chi connectivity index (χ2v) is 6.34. The van der Waals surface area contributed by atoms with Crippen molar-refractivity contribution in [2.75, 3.05) is 25.1 Å². The Bertz CT molecular complexity index is 710. The molecule has 0 radical (unpaired) electrons. The van der Waals surface area contributed by atoms with Crippen molar-refractivity contribution in [3.8, 4) is 5.75 Å². The highest BCUT2D eigenvalue weighted by molar-refractivity contribution is 5.92. The number of hydrogen-bond donors (Lipinski definition) is 2. The fourth-order valence-corrected chi connectivity index (χ4v) is 2.73. The van der Waals surface area contributed by atoms with Crippen molar-refractivity contribution in [1.29, 1.82) is 0 Å². The van der Waals surface area contributed by atoms with Crippen molar-refractivity contribution in [1.82, 2.24) is 0 Å². The maximum Gasteiger partial charge on any atom is 0.193 e. The Morgan fingerprint density at radius 2 is 2.12 bits per heavy atom. The Balaban J connectivity index is 1.63. The van der Waals surface area contributed by atoms with Crippen molar-refractivity contribution in [2.24, 2.45) is 16.6 Å². The number of nitrogens with two attached hydrogens (primary N) is 1. The average Bonchev–Trinajstić information content (AvgIpc) is 3.13. The minimum absolute atomic E-state index is 0.391. The smallest absolute Gasteiger partial charge is 0.193 e. The standard InChI is InChI=1S/C20H25N3O2/c1-15-7-8-17(19(11-15)25-14-16-9-10-24-13-16)12-22-20(21)23-18-5-3-2-4-6-18/h2-8,11,16H,9-10,12-14H2,1H3,(H3,21,22,23). The molecule has 25 heavy (non-hydrogen) atoms. The van der Waals surface area contributed by atoms with Crippen molar-refractivity contribution in [2.45, 2.75) is 19.9 Å². The Morgan fingerprint density at radius 3 is 2.88 bits per heavy atom. The summed E-state index contributed by atoms with van der Waals surface area (Å²) in [6, 6.07) is 15.9. The molecular formula is C20H25N3O2. The van der Waals surface area contributed by atoms with E-state index < -0.39 is 0 Å². The molecule has 0 aromatic heterocycles. The van der Waals surface area contributed by atoms with Crippen LogP contribution in [0.4, 0.5) is 5.69 Å². The summed E-state index contributed by atoms with van der Waals surface area (Å²) in [5, 5.41) is 3.09. The molecule has 1 atom stereocenters. The number of nitrogens with zero attached hydrogens (tertiary/aromatic N) is 1. The zero-order valence-corrected chi connectivity index (χ0v) is 14.6. The first-order valence-electron chi connectivity index (χ1n) is 8.63. The van der Waals surface area contributed by atoms with Crippen molar-refractivity contribution in [3.63, 3.8) is 0 Å². The minimum atomic E-state index is 0.391. The van der Waals surface area contributed by atoms with Crippen LogP contribution >= 0.6 is 0 Å². The molecular weight excluding hydrogens is 314 g/mol. The lowest BCUT2D eigenvalue weighted by Gasteiger charge is -2.14. The molecule has 0 aliphatic carbocycles. The monoisotopic (exact) mass is 339 g/mol. The Hall–Kier alpha value is -2.53. The van der Waals surface area contributed by atoms with Crippen LogP contribution in [0.5, 0.6) is 5.75 Å².